The van der Waals surface area contributed by atoms with Gasteiger partial charge < -0.3 is 0 Å². The van der Waals surface area contributed by atoms with Crippen LogP contribution in [-0.4, -0.2) is 0 Å². The van der Waals surface area contributed by atoms with E-state index in [-0.39, 0.29) is 0 Å². The normalized spacial score (nSPS) is 14.6. The van der Waals surface area contributed by atoms with Crippen molar-refractivity contribution >= 4 is 0 Å². The van der Waals surface area contributed by atoms with Gasteiger partial charge >= 0.3 is 0 Å². The fourth-order valence-electron chi connectivity index (χ4n) is 2.35. The molecule has 0 aliphatic rings. The van der Waals surface area contributed by atoms with Gasteiger partial charge in [0.25, 0.3) is 0 Å². The standard InChI is InChI=1S/C18H30/c1-17(2,3)13-12-16(18(4,5)6)14-15-10-8-7-9-11-15/h7-11,16H,12-14H2,1-6H3. The first-order valence-electron chi connectivity index (χ1n) is 7.22. The van der Waals surface area contributed by atoms with Crippen molar-refractivity contribution in [1.29, 1.82) is 0 Å². The van der Waals surface area contributed by atoms with E-state index >= 15 is 0 Å². The van der Waals surface area contributed by atoms with Gasteiger partial charge in [-0.05, 0) is 41.6 Å². The van der Waals surface area contributed by atoms with Crippen LogP contribution in [0.2, 0.25) is 0 Å². The van der Waals surface area contributed by atoms with Crippen LogP contribution in [0.25, 0.3) is 0 Å². The zero-order valence-corrected chi connectivity index (χ0v) is 13.1. The molecule has 0 saturated heterocycles. The lowest BCUT2D eigenvalue weighted by Gasteiger charge is -2.33. The van der Waals surface area contributed by atoms with Gasteiger partial charge in [-0.2, -0.15) is 0 Å². The van der Waals surface area contributed by atoms with Gasteiger partial charge in [-0.1, -0.05) is 71.9 Å². The van der Waals surface area contributed by atoms with E-state index in [2.05, 4.69) is 71.9 Å². The summed E-state index contributed by atoms with van der Waals surface area (Å²) in [5.74, 6) is 0.763. The molecule has 1 unspecified atom stereocenters. The van der Waals surface area contributed by atoms with E-state index in [1.165, 1.54) is 24.8 Å². The Morgan fingerprint density at radius 3 is 1.89 bits per heavy atom. The molecule has 1 atom stereocenters. The minimum absolute atomic E-state index is 0.390. The largest absolute Gasteiger partial charge is 0.0622 e. The summed E-state index contributed by atoms with van der Waals surface area (Å²) < 4.78 is 0. The van der Waals surface area contributed by atoms with E-state index in [4.69, 9.17) is 0 Å². The summed E-state index contributed by atoms with van der Waals surface area (Å²) in [5.41, 5.74) is 2.31. The lowest BCUT2D eigenvalue weighted by molar-refractivity contribution is 0.195. The fraction of sp³-hybridized carbons (Fsp3) is 0.667. The first-order valence-corrected chi connectivity index (χ1v) is 7.22. The molecule has 0 aliphatic heterocycles. The van der Waals surface area contributed by atoms with Crippen molar-refractivity contribution < 1.29 is 0 Å². The SMILES string of the molecule is CC(C)(C)CCC(Cc1ccccc1)C(C)(C)C. The van der Waals surface area contributed by atoms with E-state index in [1.54, 1.807) is 0 Å². The number of rotatable bonds is 4. The summed E-state index contributed by atoms with van der Waals surface area (Å²) in [6.07, 6.45) is 3.84. The van der Waals surface area contributed by atoms with Gasteiger partial charge in [-0.15, -0.1) is 0 Å². The second-order valence-electron chi connectivity index (χ2n) is 7.85. The van der Waals surface area contributed by atoms with Gasteiger partial charge in [-0.3, -0.25) is 0 Å². The Kier molecular flexibility index (Phi) is 5.01. The highest BCUT2D eigenvalue weighted by Gasteiger charge is 2.26. The molecule has 0 spiro atoms. The molecule has 0 bridgehead atoms. The lowest BCUT2D eigenvalue weighted by Crippen LogP contribution is -2.24. The van der Waals surface area contributed by atoms with Gasteiger partial charge in [0.2, 0.25) is 0 Å². The van der Waals surface area contributed by atoms with Gasteiger partial charge in [-0.25, -0.2) is 0 Å². The molecular formula is C18H30. The summed E-state index contributed by atoms with van der Waals surface area (Å²) >= 11 is 0. The topological polar surface area (TPSA) is 0 Å². The molecule has 0 heteroatoms. The summed E-state index contributed by atoms with van der Waals surface area (Å²) in [6, 6.07) is 10.9. The predicted molar refractivity (Wildman–Crippen MR) is 81.8 cm³/mol. The van der Waals surface area contributed by atoms with Crippen LogP contribution in [0.5, 0.6) is 0 Å². The first kappa shape index (κ1) is 15.3. The summed E-state index contributed by atoms with van der Waals surface area (Å²) in [4.78, 5) is 0. The Labute approximate surface area is 114 Å². The van der Waals surface area contributed by atoms with Crippen LogP contribution in [0.4, 0.5) is 0 Å². The van der Waals surface area contributed by atoms with Crippen LogP contribution in [0.1, 0.15) is 59.9 Å². The number of hydrogen-bond donors (Lipinski definition) is 0. The van der Waals surface area contributed by atoms with Crippen molar-refractivity contribution in [2.24, 2.45) is 16.7 Å². The molecule has 0 heterocycles. The van der Waals surface area contributed by atoms with Crippen molar-refractivity contribution in [3.63, 3.8) is 0 Å². The third-order valence-corrected chi connectivity index (χ3v) is 3.79. The van der Waals surface area contributed by atoms with E-state index in [9.17, 15) is 0 Å². The molecule has 18 heavy (non-hydrogen) atoms. The van der Waals surface area contributed by atoms with E-state index in [0.29, 0.717) is 10.8 Å². The third-order valence-electron chi connectivity index (χ3n) is 3.79. The van der Waals surface area contributed by atoms with Crippen molar-refractivity contribution in [3.05, 3.63) is 35.9 Å². The monoisotopic (exact) mass is 246 g/mol. The molecule has 0 saturated carbocycles. The van der Waals surface area contributed by atoms with Gasteiger partial charge in [0.1, 0.15) is 0 Å². The highest BCUT2D eigenvalue weighted by molar-refractivity contribution is 5.15. The average Bonchev–Trinajstić information content (AvgIpc) is 2.22. The minimum Gasteiger partial charge on any atom is -0.0622 e. The average molecular weight is 246 g/mol. The maximum absolute atomic E-state index is 2.38. The van der Waals surface area contributed by atoms with E-state index in [1.807, 2.05) is 0 Å². The van der Waals surface area contributed by atoms with Gasteiger partial charge in [0.05, 0.1) is 0 Å². The molecule has 102 valence electrons. The van der Waals surface area contributed by atoms with Gasteiger partial charge in [0, 0.05) is 0 Å². The molecule has 1 aromatic carbocycles. The molecule has 0 N–H and O–H groups in total. The Hall–Kier alpha value is -0.780. The number of benzene rings is 1. The molecule has 0 amide bonds. The third kappa shape index (κ3) is 5.71. The Morgan fingerprint density at radius 2 is 1.44 bits per heavy atom. The quantitative estimate of drug-likeness (QED) is 0.637. The second kappa shape index (κ2) is 5.91. The first-order chi connectivity index (χ1) is 8.18. The van der Waals surface area contributed by atoms with Gasteiger partial charge in [0.15, 0.2) is 0 Å². The van der Waals surface area contributed by atoms with Crippen molar-refractivity contribution in [3.8, 4) is 0 Å². The summed E-state index contributed by atoms with van der Waals surface area (Å²) in [5, 5.41) is 0. The second-order valence-corrected chi connectivity index (χ2v) is 7.85. The Morgan fingerprint density at radius 1 is 0.889 bits per heavy atom. The highest BCUT2D eigenvalue weighted by Crippen LogP contribution is 2.35. The zero-order chi connectivity index (χ0) is 13.8. The van der Waals surface area contributed by atoms with E-state index in [0.717, 1.165) is 5.92 Å². The molecule has 0 nitrogen and oxygen atoms in total. The van der Waals surface area contributed by atoms with E-state index < -0.39 is 0 Å². The highest BCUT2D eigenvalue weighted by atomic mass is 14.3. The smallest absolute Gasteiger partial charge is 0.0245 e. The van der Waals surface area contributed by atoms with Crippen molar-refractivity contribution in [2.75, 3.05) is 0 Å². The van der Waals surface area contributed by atoms with Crippen LogP contribution >= 0.6 is 0 Å². The van der Waals surface area contributed by atoms with Crippen LogP contribution < -0.4 is 0 Å². The molecule has 1 aromatic rings. The maximum atomic E-state index is 2.38. The zero-order valence-electron chi connectivity index (χ0n) is 13.1. The van der Waals surface area contributed by atoms with Crippen LogP contribution in [-0.2, 0) is 6.42 Å². The summed E-state index contributed by atoms with van der Waals surface area (Å²) in [6.45, 7) is 14.2. The molecular weight excluding hydrogens is 216 g/mol. The molecule has 0 aromatic heterocycles. The maximum Gasteiger partial charge on any atom is -0.0245 e. The molecule has 0 aliphatic carbocycles. The Bertz CT molecular complexity index is 335. The Balaban J connectivity index is 2.68. The van der Waals surface area contributed by atoms with Crippen LogP contribution in [0.3, 0.4) is 0 Å². The molecule has 0 fully saturated rings. The fourth-order valence-corrected chi connectivity index (χ4v) is 2.35. The molecule has 1 rings (SSSR count). The van der Waals surface area contributed by atoms with Crippen LogP contribution in [0.15, 0.2) is 30.3 Å². The lowest BCUT2D eigenvalue weighted by atomic mass is 9.72. The van der Waals surface area contributed by atoms with Crippen molar-refractivity contribution in [1.82, 2.24) is 0 Å². The molecule has 0 radical (unpaired) electrons. The van der Waals surface area contributed by atoms with Crippen LogP contribution in [0, 0.1) is 16.7 Å². The van der Waals surface area contributed by atoms with Crippen molar-refractivity contribution in [2.45, 2.75) is 60.8 Å². The predicted octanol–water partition coefficient (Wildman–Crippen LogP) is 5.72. The summed E-state index contributed by atoms with van der Waals surface area (Å²) in [7, 11) is 0. The minimum atomic E-state index is 0.390. The number of hydrogen-bond acceptors (Lipinski definition) is 0.